The highest BCUT2D eigenvalue weighted by molar-refractivity contribution is 5.84. The van der Waals surface area contributed by atoms with Gasteiger partial charge >= 0.3 is 5.97 Å². The average molecular weight is 384 g/mol. The highest BCUT2D eigenvalue weighted by atomic mass is 16.5. The summed E-state index contributed by atoms with van der Waals surface area (Å²) >= 11 is 0. The molecule has 0 saturated heterocycles. The van der Waals surface area contributed by atoms with Gasteiger partial charge in [0.1, 0.15) is 5.60 Å². The molecule has 0 spiro atoms. The minimum atomic E-state index is -1.10. The van der Waals surface area contributed by atoms with Crippen molar-refractivity contribution >= 4 is 5.97 Å². The SMILES string of the molecule is O=C(O)c1cc(COC(c2ccccc2)(c2ccccc2)c2ccccc2)co1. The number of furan rings is 1. The molecule has 4 aromatic rings. The van der Waals surface area contributed by atoms with Crippen LogP contribution in [0.25, 0.3) is 0 Å². The molecule has 0 bridgehead atoms. The third kappa shape index (κ3) is 3.71. The molecule has 0 amide bonds. The fraction of sp³-hybridized carbons (Fsp3) is 0.0800. The van der Waals surface area contributed by atoms with E-state index in [1.807, 2.05) is 91.0 Å². The van der Waals surface area contributed by atoms with Crippen LogP contribution in [-0.4, -0.2) is 11.1 Å². The van der Waals surface area contributed by atoms with Crippen molar-refractivity contribution < 1.29 is 19.1 Å². The number of carboxylic acid groups (broad SMARTS) is 1. The second kappa shape index (κ2) is 8.17. The number of hydrogen-bond donors (Lipinski definition) is 1. The van der Waals surface area contributed by atoms with Crippen LogP contribution in [0, 0.1) is 0 Å². The Kier molecular flexibility index (Phi) is 5.27. The van der Waals surface area contributed by atoms with Gasteiger partial charge in [0, 0.05) is 5.56 Å². The molecule has 0 aliphatic carbocycles. The molecule has 1 heterocycles. The number of ether oxygens (including phenoxy) is 1. The summed E-state index contributed by atoms with van der Waals surface area (Å²) in [6.07, 6.45) is 1.43. The number of carboxylic acids is 1. The van der Waals surface area contributed by atoms with Gasteiger partial charge in [-0.2, -0.15) is 0 Å². The second-order valence-electron chi connectivity index (χ2n) is 6.69. The van der Waals surface area contributed by atoms with Gasteiger partial charge in [0.2, 0.25) is 5.76 Å². The van der Waals surface area contributed by atoms with E-state index < -0.39 is 11.6 Å². The summed E-state index contributed by atoms with van der Waals surface area (Å²) in [5.74, 6) is -1.20. The molecular formula is C25H20O4. The molecule has 0 saturated carbocycles. The first kappa shape index (κ1) is 18.7. The summed E-state index contributed by atoms with van der Waals surface area (Å²) in [4.78, 5) is 11.1. The smallest absolute Gasteiger partial charge is 0.371 e. The first-order valence-corrected chi connectivity index (χ1v) is 9.31. The van der Waals surface area contributed by atoms with Crippen molar-refractivity contribution in [2.75, 3.05) is 0 Å². The van der Waals surface area contributed by atoms with Crippen LogP contribution in [0.3, 0.4) is 0 Å². The van der Waals surface area contributed by atoms with Gasteiger partial charge in [0.15, 0.2) is 0 Å². The van der Waals surface area contributed by atoms with Crippen LogP contribution in [0.1, 0.15) is 32.8 Å². The van der Waals surface area contributed by atoms with Crippen molar-refractivity contribution in [3.05, 3.63) is 131 Å². The van der Waals surface area contributed by atoms with E-state index in [0.29, 0.717) is 5.56 Å². The standard InChI is InChI=1S/C25H20O4/c26-24(27)23-16-19(17-28-23)18-29-25(20-10-4-1-5-11-20,21-12-6-2-7-13-21)22-14-8-3-9-15-22/h1-17H,18H2,(H,26,27). The van der Waals surface area contributed by atoms with Crippen LogP contribution >= 0.6 is 0 Å². The van der Waals surface area contributed by atoms with E-state index >= 15 is 0 Å². The first-order chi connectivity index (χ1) is 14.2. The summed E-state index contributed by atoms with van der Waals surface area (Å²) in [6.45, 7) is 0.190. The summed E-state index contributed by atoms with van der Waals surface area (Å²) in [5.41, 5.74) is 2.76. The Morgan fingerprint density at radius 3 is 1.62 bits per heavy atom. The number of carbonyl (C=O) groups is 1. The molecule has 4 heteroatoms. The fourth-order valence-corrected chi connectivity index (χ4v) is 3.52. The van der Waals surface area contributed by atoms with Crippen molar-refractivity contribution in [1.29, 1.82) is 0 Å². The van der Waals surface area contributed by atoms with Crippen molar-refractivity contribution in [3.8, 4) is 0 Å². The van der Waals surface area contributed by atoms with Gasteiger partial charge in [0.05, 0.1) is 12.9 Å². The summed E-state index contributed by atoms with van der Waals surface area (Å²) < 4.78 is 11.7. The van der Waals surface area contributed by atoms with Crippen molar-refractivity contribution in [2.24, 2.45) is 0 Å². The van der Waals surface area contributed by atoms with E-state index in [9.17, 15) is 4.79 Å². The van der Waals surface area contributed by atoms with Gasteiger partial charge < -0.3 is 14.3 Å². The maximum atomic E-state index is 11.1. The van der Waals surface area contributed by atoms with Crippen LogP contribution in [0.2, 0.25) is 0 Å². The topological polar surface area (TPSA) is 59.7 Å². The largest absolute Gasteiger partial charge is 0.475 e. The molecule has 1 N–H and O–H groups in total. The zero-order chi connectivity index (χ0) is 20.1. The third-order valence-corrected chi connectivity index (χ3v) is 4.86. The van der Waals surface area contributed by atoms with Gasteiger partial charge in [-0.3, -0.25) is 0 Å². The molecule has 0 fully saturated rings. The summed E-state index contributed by atoms with van der Waals surface area (Å²) in [5, 5.41) is 9.13. The Bertz CT molecular complexity index is 973. The van der Waals surface area contributed by atoms with E-state index in [1.54, 1.807) is 0 Å². The molecular weight excluding hydrogens is 364 g/mol. The molecule has 1 aromatic heterocycles. The van der Waals surface area contributed by atoms with E-state index in [0.717, 1.165) is 16.7 Å². The van der Waals surface area contributed by atoms with E-state index in [2.05, 4.69) is 0 Å². The normalized spacial score (nSPS) is 11.3. The second-order valence-corrected chi connectivity index (χ2v) is 6.69. The molecule has 4 nitrogen and oxygen atoms in total. The molecule has 0 aliphatic heterocycles. The zero-order valence-electron chi connectivity index (χ0n) is 15.7. The quantitative estimate of drug-likeness (QED) is 0.428. The molecule has 4 rings (SSSR count). The van der Waals surface area contributed by atoms with E-state index in [-0.39, 0.29) is 12.4 Å². The molecule has 144 valence electrons. The molecule has 0 unspecified atom stereocenters. The van der Waals surface area contributed by atoms with Crippen molar-refractivity contribution in [1.82, 2.24) is 0 Å². The Morgan fingerprint density at radius 1 is 0.793 bits per heavy atom. The van der Waals surface area contributed by atoms with E-state index in [1.165, 1.54) is 12.3 Å². The number of hydrogen-bond acceptors (Lipinski definition) is 3. The van der Waals surface area contributed by atoms with Crippen LogP contribution in [0.5, 0.6) is 0 Å². The number of aromatic carboxylic acids is 1. The lowest BCUT2D eigenvalue weighted by atomic mass is 9.80. The van der Waals surface area contributed by atoms with Crippen molar-refractivity contribution in [3.63, 3.8) is 0 Å². The Hall–Kier alpha value is -3.63. The lowest BCUT2D eigenvalue weighted by molar-refractivity contribution is 0.0000422. The van der Waals surface area contributed by atoms with Crippen LogP contribution in [0.4, 0.5) is 0 Å². The predicted molar refractivity (Wildman–Crippen MR) is 110 cm³/mol. The zero-order valence-corrected chi connectivity index (χ0v) is 15.7. The lowest BCUT2D eigenvalue weighted by Crippen LogP contribution is -2.32. The molecule has 29 heavy (non-hydrogen) atoms. The average Bonchev–Trinajstić information content (AvgIpc) is 3.26. The van der Waals surface area contributed by atoms with Gasteiger partial charge in [0.25, 0.3) is 0 Å². The third-order valence-electron chi connectivity index (χ3n) is 4.86. The predicted octanol–water partition coefficient (Wildman–Crippen LogP) is 5.49. The Morgan fingerprint density at radius 2 is 1.24 bits per heavy atom. The number of rotatable bonds is 7. The summed E-state index contributed by atoms with van der Waals surface area (Å²) in [6, 6.07) is 31.6. The van der Waals surface area contributed by atoms with Crippen LogP contribution in [0.15, 0.2) is 108 Å². The minimum Gasteiger partial charge on any atom is -0.475 e. The maximum absolute atomic E-state index is 11.1. The molecule has 0 aliphatic rings. The maximum Gasteiger partial charge on any atom is 0.371 e. The number of benzene rings is 3. The first-order valence-electron chi connectivity index (χ1n) is 9.31. The monoisotopic (exact) mass is 384 g/mol. The highest BCUT2D eigenvalue weighted by Crippen LogP contribution is 2.41. The highest BCUT2D eigenvalue weighted by Gasteiger charge is 2.37. The lowest BCUT2D eigenvalue weighted by Gasteiger charge is -2.35. The van der Waals surface area contributed by atoms with Gasteiger partial charge in [-0.15, -0.1) is 0 Å². The Balaban J connectivity index is 1.84. The van der Waals surface area contributed by atoms with Gasteiger partial charge in [-0.25, -0.2) is 4.79 Å². The molecule has 0 atom stereocenters. The Labute approximate surface area is 169 Å². The van der Waals surface area contributed by atoms with Crippen LogP contribution < -0.4 is 0 Å². The van der Waals surface area contributed by atoms with Gasteiger partial charge in [-0.1, -0.05) is 91.0 Å². The van der Waals surface area contributed by atoms with Crippen LogP contribution in [-0.2, 0) is 16.9 Å². The fourth-order valence-electron chi connectivity index (χ4n) is 3.52. The minimum absolute atomic E-state index is 0.103. The molecule has 0 radical (unpaired) electrons. The van der Waals surface area contributed by atoms with Crippen molar-refractivity contribution in [2.45, 2.75) is 12.2 Å². The van der Waals surface area contributed by atoms with Gasteiger partial charge in [-0.05, 0) is 22.8 Å². The summed E-state index contributed by atoms with van der Waals surface area (Å²) in [7, 11) is 0. The van der Waals surface area contributed by atoms with E-state index in [4.69, 9.17) is 14.3 Å². The molecule has 3 aromatic carbocycles.